The highest BCUT2D eigenvalue weighted by molar-refractivity contribution is 5.00. The molecule has 1 aliphatic heterocycles. The van der Waals surface area contributed by atoms with Crippen molar-refractivity contribution in [2.75, 3.05) is 13.2 Å². The van der Waals surface area contributed by atoms with Gasteiger partial charge in [-0.3, -0.25) is 0 Å². The van der Waals surface area contributed by atoms with Crippen molar-refractivity contribution in [2.45, 2.75) is 39.0 Å². The van der Waals surface area contributed by atoms with E-state index in [4.69, 9.17) is 13.9 Å². The van der Waals surface area contributed by atoms with Gasteiger partial charge in [0.1, 0.15) is 12.4 Å². The van der Waals surface area contributed by atoms with Crippen molar-refractivity contribution in [2.24, 2.45) is 0 Å². The van der Waals surface area contributed by atoms with Gasteiger partial charge in [0.05, 0.1) is 18.9 Å². The quantitative estimate of drug-likeness (QED) is 0.821. The zero-order valence-corrected chi connectivity index (χ0v) is 9.73. The fourth-order valence-electron chi connectivity index (χ4n) is 1.48. The molecule has 0 amide bonds. The molecule has 5 heteroatoms. The lowest BCUT2D eigenvalue weighted by molar-refractivity contribution is 0.115. The van der Waals surface area contributed by atoms with E-state index in [1.807, 2.05) is 0 Å². The van der Waals surface area contributed by atoms with Crippen LogP contribution in [0.4, 0.5) is 0 Å². The van der Waals surface area contributed by atoms with Gasteiger partial charge in [0, 0.05) is 19.0 Å². The average Bonchev–Trinajstić information content (AvgIpc) is 2.87. The molecule has 1 atom stereocenters. The van der Waals surface area contributed by atoms with Gasteiger partial charge in [-0.25, -0.2) is 0 Å². The Balaban J connectivity index is 1.81. The van der Waals surface area contributed by atoms with E-state index in [0.717, 1.165) is 18.7 Å². The second-order valence-electron chi connectivity index (χ2n) is 4.24. The van der Waals surface area contributed by atoms with Gasteiger partial charge in [-0.2, -0.15) is 4.98 Å². The lowest BCUT2D eigenvalue weighted by atomic mass is 10.3. The van der Waals surface area contributed by atoms with Crippen LogP contribution in [0.5, 0.6) is 6.08 Å². The molecule has 0 spiro atoms. The SMILES string of the molecule is CC(C)NCc1coc(OC2CCOC2)n1. The third-order valence-corrected chi connectivity index (χ3v) is 2.38. The minimum atomic E-state index is 0.0876. The zero-order valence-electron chi connectivity index (χ0n) is 9.73. The summed E-state index contributed by atoms with van der Waals surface area (Å²) in [7, 11) is 0. The smallest absolute Gasteiger partial charge is 0.394 e. The van der Waals surface area contributed by atoms with Crippen molar-refractivity contribution in [3.8, 4) is 6.08 Å². The summed E-state index contributed by atoms with van der Waals surface area (Å²) >= 11 is 0. The van der Waals surface area contributed by atoms with Crippen molar-refractivity contribution in [1.29, 1.82) is 0 Å². The van der Waals surface area contributed by atoms with Gasteiger partial charge in [-0.1, -0.05) is 13.8 Å². The maximum atomic E-state index is 5.53. The first-order valence-electron chi connectivity index (χ1n) is 5.66. The number of ether oxygens (including phenoxy) is 2. The van der Waals surface area contributed by atoms with Crippen molar-refractivity contribution >= 4 is 0 Å². The second-order valence-corrected chi connectivity index (χ2v) is 4.24. The molecule has 16 heavy (non-hydrogen) atoms. The number of nitrogens with one attached hydrogen (secondary N) is 1. The predicted molar refractivity (Wildman–Crippen MR) is 58.3 cm³/mol. The molecule has 1 aliphatic rings. The van der Waals surface area contributed by atoms with Crippen LogP contribution in [0.1, 0.15) is 26.0 Å². The Labute approximate surface area is 95.1 Å². The van der Waals surface area contributed by atoms with E-state index in [1.54, 1.807) is 6.26 Å². The Morgan fingerprint density at radius 2 is 2.50 bits per heavy atom. The lowest BCUT2D eigenvalue weighted by Crippen LogP contribution is -2.22. The lowest BCUT2D eigenvalue weighted by Gasteiger charge is -2.06. The van der Waals surface area contributed by atoms with Gasteiger partial charge >= 0.3 is 6.08 Å². The molecule has 2 rings (SSSR count). The van der Waals surface area contributed by atoms with E-state index in [9.17, 15) is 0 Å². The van der Waals surface area contributed by atoms with E-state index in [-0.39, 0.29) is 6.10 Å². The Bertz CT molecular complexity index is 319. The number of nitrogens with zero attached hydrogens (tertiary/aromatic N) is 1. The normalized spacial score (nSPS) is 20.6. The molecule has 0 aromatic carbocycles. The standard InChI is InChI=1S/C11H18N2O3/c1-8(2)12-5-9-6-15-11(13-9)16-10-3-4-14-7-10/h6,8,10,12H,3-5,7H2,1-2H3. The second kappa shape index (κ2) is 5.32. The van der Waals surface area contributed by atoms with E-state index in [2.05, 4.69) is 24.1 Å². The molecule has 2 heterocycles. The first-order chi connectivity index (χ1) is 7.74. The highest BCUT2D eigenvalue weighted by Crippen LogP contribution is 2.16. The van der Waals surface area contributed by atoms with E-state index < -0.39 is 0 Å². The van der Waals surface area contributed by atoms with Crippen molar-refractivity contribution in [3.63, 3.8) is 0 Å². The van der Waals surface area contributed by atoms with Gasteiger partial charge in [0.25, 0.3) is 0 Å². The summed E-state index contributed by atoms with van der Waals surface area (Å²) in [5, 5.41) is 3.27. The molecule has 0 bridgehead atoms. The number of oxazole rings is 1. The van der Waals surface area contributed by atoms with Gasteiger partial charge in [-0.05, 0) is 0 Å². The molecule has 1 aromatic rings. The van der Waals surface area contributed by atoms with Crippen LogP contribution in [-0.4, -0.2) is 30.3 Å². The fraction of sp³-hybridized carbons (Fsp3) is 0.727. The summed E-state index contributed by atoms with van der Waals surface area (Å²) in [4.78, 5) is 4.24. The minimum absolute atomic E-state index is 0.0876. The monoisotopic (exact) mass is 226 g/mol. The topological polar surface area (TPSA) is 56.5 Å². The summed E-state index contributed by atoms with van der Waals surface area (Å²) in [6.07, 6.45) is 2.96. The highest BCUT2D eigenvalue weighted by Gasteiger charge is 2.19. The van der Waals surface area contributed by atoms with E-state index >= 15 is 0 Å². The van der Waals surface area contributed by atoms with Gasteiger partial charge in [0.2, 0.25) is 0 Å². The predicted octanol–water partition coefficient (Wildman–Crippen LogP) is 1.34. The molecule has 1 aromatic heterocycles. The average molecular weight is 226 g/mol. The third-order valence-electron chi connectivity index (χ3n) is 2.38. The molecule has 0 saturated carbocycles. The molecule has 1 N–H and O–H groups in total. The number of hydrogen-bond acceptors (Lipinski definition) is 5. The van der Waals surface area contributed by atoms with Crippen LogP contribution in [0, 0.1) is 0 Å². The van der Waals surface area contributed by atoms with Crippen LogP contribution < -0.4 is 10.1 Å². The van der Waals surface area contributed by atoms with E-state index in [1.165, 1.54) is 0 Å². The molecule has 0 aliphatic carbocycles. The molecule has 90 valence electrons. The van der Waals surface area contributed by atoms with Gasteiger partial charge in [0.15, 0.2) is 0 Å². The fourth-order valence-corrected chi connectivity index (χ4v) is 1.48. The van der Waals surface area contributed by atoms with Crippen molar-refractivity contribution < 1.29 is 13.9 Å². The largest absolute Gasteiger partial charge is 0.444 e. The Kier molecular flexibility index (Phi) is 3.79. The van der Waals surface area contributed by atoms with Crippen LogP contribution in [0.3, 0.4) is 0 Å². The van der Waals surface area contributed by atoms with Crippen LogP contribution in [0.2, 0.25) is 0 Å². The van der Waals surface area contributed by atoms with Crippen LogP contribution in [0.15, 0.2) is 10.7 Å². The summed E-state index contributed by atoms with van der Waals surface area (Å²) < 4.78 is 16.0. The molecular formula is C11H18N2O3. The summed E-state index contributed by atoms with van der Waals surface area (Å²) in [5.74, 6) is 0. The summed E-state index contributed by atoms with van der Waals surface area (Å²) in [6.45, 7) is 6.27. The zero-order chi connectivity index (χ0) is 11.4. The summed E-state index contributed by atoms with van der Waals surface area (Å²) in [6, 6.07) is 0.435. The van der Waals surface area contributed by atoms with Crippen LogP contribution in [-0.2, 0) is 11.3 Å². The number of hydrogen-bond donors (Lipinski definition) is 1. The van der Waals surface area contributed by atoms with Crippen molar-refractivity contribution in [3.05, 3.63) is 12.0 Å². The molecule has 0 radical (unpaired) electrons. The number of aromatic nitrogens is 1. The highest BCUT2D eigenvalue weighted by atomic mass is 16.6. The molecule has 1 saturated heterocycles. The molecule has 1 unspecified atom stereocenters. The van der Waals surface area contributed by atoms with Crippen LogP contribution >= 0.6 is 0 Å². The maximum Gasteiger partial charge on any atom is 0.394 e. The molecule has 1 fully saturated rings. The third kappa shape index (κ3) is 3.21. The molecular weight excluding hydrogens is 208 g/mol. The molecule has 5 nitrogen and oxygen atoms in total. The first-order valence-corrected chi connectivity index (χ1v) is 5.66. The van der Waals surface area contributed by atoms with Gasteiger partial charge in [-0.15, -0.1) is 0 Å². The summed E-state index contributed by atoms with van der Waals surface area (Å²) in [5.41, 5.74) is 0.864. The van der Waals surface area contributed by atoms with Gasteiger partial charge < -0.3 is 19.2 Å². The minimum Gasteiger partial charge on any atom is -0.444 e. The number of rotatable bonds is 5. The Morgan fingerprint density at radius 1 is 1.62 bits per heavy atom. The van der Waals surface area contributed by atoms with Crippen molar-refractivity contribution in [1.82, 2.24) is 10.3 Å². The maximum absolute atomic E-state index is 5.53. The first kappa shape index (κ1) is 11.4. The van der Waals surface area contributed by atoms with Crippen LogP contribution in [0.25, 0.3) is 0 Å². The Hall–Kier alpha value is -1.07. The Morgan fingerprint density at radius 3 is 3.19 bits per heavy atom. The van der Waals surface area contributed by atoms with E-state index in [0.29, 0.717) is 25.3 Å².